The van der Waals surface area contributed by atoms with Gasteiger partial charge in [0.15, 0.2) is 0 Å². The van der Waals surface area contributed by atoms with Crippen LogP contribution in [0.3, 0.4) is 0 Å². The minimum Gasteiger partial charge on any atom is -0.577 e. The molecular weight excluding hydrogens is 631 g/mol. The number of pyridine rings is 2. The van der Waals surface area contributed by atoms with Crippen LogP contribution >= 0.6 is 0 Å². The maximum atomic E-state index is 6.90. The van der Waals surface area contributed by atoms with Gasteiger partial charge in [0.05, 0.1) is 5.75 Å². The van der Waals surface area contributed by atoms with Crippen LogP contribution in [-0.4, -0.2) is 25.1 Å². The van der Waals surface area contributed by atoms with Crippen molar-refractivity contribution in [2.24, 2.45) is 0 Å². The molecule has 0 N–H and O–H groups in total. The molecule has 0 unspecified atom stereocenters. The quantitative estimate of drug-likeness (QED) is 0.151. The summed E-state index contributed by atoms with van der Waals surface area (Å²) in [6, 6.07) is 48.1. The van der Waals surface area contributed by atoms with Crippen molar-refractivity contribution in [3.63, 3.8) is 0 Å². The molecule has 0 saturated carbocycles. The van der Waals surface area contributed by atoms with E-state index in [0.717, 1.165) is 66.2 Å². The first-order chi connectivity index (χ1) is 24.4. The van der Waals surface area contributed by atoms with E-state index in [0.29, 0.717) is 17.2 Å². The van der Waals surface area contributed by atoms with Gasteiger partial charge in [-0.2, -0.15) is 0 Å². The topological polar surface area (TPSA) is 53.5 Å². The van der Waals surface area contributed by atoms with Crippen molar-refractivity contribution in [1.29, 1.82) is 0 Å². The number of hydrogen-bond acceptors (Lipinski definition) is 5. The SMILES string of the molecule is Cc1ccc(-c2ccc3c([O][Al]([O]c4cccc5ccc(C)nc45)[O]c4cccc5ccc(C)nc45)ccc(-c4ccc(C)cc4)c3c2)cc1. The van der Waals surface area contributed by atoms with Gasteiger partial charge in [0.1, 0.15) is 22.5 Å². The van der Waals surface area contributed by atoms with Gasteiger partial charge in [0.2, 0.25) is 0 Å². The lowest BCUT2D eigenvalue weighted by Gasteiger charge is -2.20. The third-order valence-corrected chi connectivity index (χ3v) is 10.4. The number of hydrogen-bond donors (Lipinski definition) is 0. The van der Waals surface area contributed by atoms with E-state index in [1.165, 1.54) is 11.1 Å². The molecule has 5 nitrogen and oxygen atoms in total. The van der Waals surface area contributed by atoms with E-state index in [1.807, 2.05) is 68.4 Å². The summed E-state index contributed by atoms with van der Waals surface area (Å²) in [6.45, 7) is 8.18. The van der Waals surface area contributed by atoms with Crippen LogP contribution in [0.1, 0.15) is 22.5 Å². The van der Waals surface area contributed by atoms with Crippen LogP contribution in [0.2, 0.25) is 0 Å². The second-order valence-corrected chi connectivity index (χ2v) is 14.1. The van der Waals surface area contributed by atoms with Crippen molar-refractivity contribution in [3.05, 3.63) is 162 Å². The Morgan fingerprint density at radius 2 is 0.940 bits per heavy atom. The Hall–Kier alpha value is -5.67. The molecule has 0 atom stereocenters. The monoisotopic (exact) mass is 666 g/mol. The summed E-state index contributed by atoms with van der Waals surface area (Å²) in [5.74, 6) is 1.93. The molecule has 0 aliphatic rings. The van der Waals surface area contributed by atoms with Crippen LogP contribution in [0.4, 0.5) is 0 Å². The smallest absolute Gasteiger partial charge is 0.577 e. The molecular formula is C44H35AlN2O3. The van der Waals surface area contributed by atoms with Gasteiger partial charge in [-0.3, -0.25) is 0 Å². The molecule has 0 aliphatic heterocycles. The van der Waals surface area contributed by atoms with Crippen molar-refractivity contribution < 1.29 is 11.4 Å². The summed E-state index contributed by atoms with van der Waals surface area (Å²) >= 11 is -3.02. The Labute approximate surface area is 297 Å². The van der Waals surface area contributed by atoms with Crippen LogP contribution in [-0.2, 0) is 0 Å². The van der Waals surface area contributed by atoms with Gasteiger partial charge in [-0.15, -0.1) is 0 Å². The fourth-order valence-electron chi connectivity index (χ4n) is 6.34. The highest BCUT2D eigenvalue weighted by Crippen LogP contribution is 2.38. The van der Waals surface area contributed by atoms with Gasteiger partial charge in [-0.25, -0.2) is 9.97 Å². The number of aryl methyl sites for hydroxylation is 4. The molecule has 0 aliphatic carbocycles. The molecule has 0 radical (unpaired) electrons. The number of aromatic nitrogens is 2. The zero-order chi connectivity index (χ0) is 34.2. The summed E-state index contributed by atoms with van der Waals surface area (Å²) < 4.78 is 20.4. The number of nitrogens with zero attached hydrogens (tertiary/aromatic N) is 2. The van der Waals surface area contributed by atoms with E-state index in [2.05, 4.69) is 98.8 Å². The molecule has 0 fully saturated rings. The lowest BCUT2D eigenvalue weighted by molar-refractivity contribution is 0.311. The molecule has 50 heavy (non-hydrogen) atoms. The average Bonchev–Trinajstić information content (AvgIpc) is 3.13. The molecule has 2 heterocycles. The first-order valence-corrected chi connectivity index (χ1v) is 18.2. The Kier molecular flexibility index (Phi) is 8.42. The van der Waals surface area contributed by atoms with E-state index in [1.54, 1.807) is 0 Å². The van der Waals surface area contributed by atoms with Gasteiger partial charge in [0, 0.05) is 27.5 Å². The van der Waals surface area contributed by atoms with Gasteiger partial charge in [-0.1, -0.05) is 114 Å². The Morgan fingerprint density at radius 1 is 0.420 bits per heavy atom. The van der Waals surface area contributed by atoms with E-state index in [4.69, 9.17) is 21.3 Å². The molecule has 8 aromatic rings. The van der Waals surface area contributed by atoms with Crippen molar-refractivity contribution in [1.82, 2.24) is 9.97 Å². The minimum atomic E-state index is -3.02. The second-order valence-electron chi connectivity index (χ2n) is 12.8. The summed E-state index contributed by atoms with van der Waals surface area (Å²) in [5.41, 5.74) is 10.4. The van der Waals surface area contributed by atoms with Gasteiger partial charge in [-0.05, 0) is 91.7 Å². The lowest BCUT2D eigenvalue weighted by atomic mass is 9.94. The summed E-state index contributed by atoms with van der Waals surface area (Å²) in [4.78, 5) is 9.65. The maximum absolute atomic E-state index is 6.90. The largest absolute Gasteiger partial charge is 1.20 e. The first kappa shape index (κ1) is 31.6. The van der Waals surface area contributed by atoms with Crippen LogP contribution in [0.15, 0.2) is 140 Å². The normalized spacial score (nSPS) is 11.2. The number of para-hydroxylation sites is 2. The van der Waals surface area contributed by atoms with Crippen LogP contribution in [0.5, 0.6) is 17.2 Å². The standard InChI is InChI=1S/C24H20O.2C10H9NO.Al/c1-16-3-7-18(8-4-16)20-11-12-22-23(15-20)21(13-14-24(22)25)19-9-5-17(2)6-10-19;2*1-7-5-6-8-3-2-4-9(12)10(8)11-7;/h3-15,25H,1-2H3;2*2-6,12H,1H3;/q;;;+3/p-3. The zero-order valence-corrected chi connectivity index (χ0v) is 29.6. The van der Waals surface area contributed by atoms with Gasteiger partial charge < -0.3 is 11.4 Å². The fourth-order valence-corrected chi connectivity index (χ4v) is 7.69. The van der Waals surface area contributed by atoms with Crippen molar-refractivity contribution in [2.75, 3.05) is 0 Å². The summed E-state index contributed by atoms with van der Waals surface area (Å²) in [6.07, 6.45) is 0. The van der Waals surface area contributed by atoms with Gasteiger partial charge in [0.25, 0.3) is 0 Å². The summed E-state index contributed by atoms with van der Waals surface area (Å²) in [7, 11) is 0. The lowest BCUT2D eigenvalue weighted by Crippen LogP contribution is -2.37. The predicted octanol–water partition coefficient (Wildman–Crippen LogP) is 11.0. The average molecular weight is 667 g/mol. The summed E-state index contributed by atoms with van der Waals surface area (Å²) in [5, 5.41) is 4.03. The molecule has 0 saturated heterocycles. The molecule has 6 aromatic carbocycles. The Bertz CT molecular complexity index is 2430. The Balaban J connectivity index is 1.26. The number of benzene rings is 6. The van der Waals surface area contributed by atoms with Crippen molar-refractivity contribution in [3.8, 4) is 39.5 Å². The minimum absolute atomic E-state index is 0.620. The highest BCUT2D eigenvalue weighted by atomic mass is 27.3. The highest BCUT2D eigenvalue weighted by Gasteiger charge is 2.46. The maximum Gasteiger partial charge on any atom is 1.20 e. The van der Waals surface area contributed by atoms with Crippen LogP contribution in [0.25, 0.3) is 54.8 Å². The third-order valence-electron chi connectivity index (χ3n) is 9.04. The van der Waals surface area contributed by atoms with Crippen molar-refractivity contribution >= 4 is 47.7 Å². The fraction of sp³-hybridized carbons (Fsp3) is 0.0909. The highest BCUT2D eigenvalue weighted by molar-refractivity contribution is 6.40. The third kappa shape index (κ3) is 6.40. The second kappa shape index (κ2) is 13.3. The molecule has 0 amide bonds. The molecule has 6 heteroatoms. The van der Waals surface area contributed by atoms with Crippen LogP contribution < -0.4 is 11.4 Å². The van der Waals surface area contributed by atoms with Crippen LogP contribution in [0, 0.1) is 27.7 Å². The van der Waals surface area contributed by atoms with E-state index < -0.39 is 15.1 Å². The first-order valence-electron chi connectivity index (χ1n) is 16.8. The molecule has 8 rings (SSSR count). The van der Waals surface area contributed by atoms with E-state index in [9.17, 15) is 0 Å². The molecule has 0 spiro atoms. The molecule has 0 bridgehead atoms. The van der Waals surface area contributed by atoms with E-state index in [-0.39, 0.29) is 0 Å². The van der Waals surface area contributed by atoms with E-state index >= 15 is 0 Å². The number of rotatable bonds is 8. The Morgan fingerprint density at radius 3 is 1.52 bits per heavy atom. The zero-order valence-electron chi connectivity index (χ0n) is 28.5. The molecule has 2 aromatic heterocycles. The van der Waals surface area contributed by atoms with Gasteiger partial charge >= 0.3 is 15.1 Å². The number of fused-ring (bicyclic) bond motifs is 3. The molecule has 242 valence electrons. The van der Waals surface area contributed by atoms with Crippen molar-refractivity contribution in [2.45, 2.75) is 27.7 Å². The predicted molar refractivity (Wildman–Crippen MR) is 205 cm³/mol.